The first-order valence-electron chi connectivity index (χ1n) is 8.78. The van der Waals surface area contributed by atoms with Crippen LogP contribution in [0.4, 0.5) is 0 Å². The van der Waals surface area contributed by atoms with E-state index in [1.54, 1.807) is 11.8 Å². The molecule has 3 aliphatic rings. The minimum absolute atomic E-state index is 0.0946. The molecule has 1 aromatic rings. The van der Waals surface area contributed by atoms with E-state index in [0.29, 0.717) is 31.6 Å². The van der Waals surface area contributed by atoms with Crippen molar-refractivity contribution in [1.82, 2.24) is 19.6 Å². The van der Waals surface area contributed by atoms with Crippen LogP contribution >= 0.6 is 0 Å². The zero-order chi connectivity index (χ0) is 17.1. The third-order valence-corrected chi connectivity index (χ3v) is 5.18. The van der Waals surface area contributed by atoms with Crippen LogP contribution in [0.1, 0.15) is 24.1 Å². The van der Waals surface area contributed by atoms with E-state index in [9.17, 15) is 4.79 Å². The van der Waals surface area contributed by atoms with E-state index >= 15 is 0 Å². The maximum absolute atomic E-state index is 12.7. The Morgan fingerprint density at radius 2 is 2.17 bits per heavy atom. The quantitative estimate of drug-likeness (QED) is 0.773. The summed E-state index contributed by atoms with van der Waals surface area (Å²) in [5.74, 6) is 0.395. The molecule has 0 unspecified atom stereocenters. The van der Waals surface area contributed by atoms with Crippen molar-refractivity contribution < 1.29 is 14.6 Å². The molecule has 2 bridgehead atoms. The molecule has 1 aromatic heterocycles. The molecular formula is C17H28N4O3. The van der Waals surface area contributed by atoms with Crippen molar-refractivity contribution in [1.29, 1.82) is 0 Å². The summed E-state index contributed by atoms with van der Waals surface area (Å²) in [6, 6.07) is 0.291. The summed E-state index contributed by atoms with van der Waals surface area (Å²) in [5, 5.41) is 13.5. The zero-order valence-corrected chi connectivity index (χ0v) is 14.6. The minimum atomic E-state index is 0.0946. The predicted octanol–water partition coefficient (Wildman–Crippen LogP) is 0.253. The van der Waals surface area contributed by atoms with Gasteiger partial charge in [-0.05, 0) is 19.8 Å². The number of piperidine rings is 1. The molecule has 4 heterocycles. The summed E-state index contributed by atoms with van der Waals surface area (Å²) in [5.41, 5.74) is 2.18. The van der Waals surface area contributed by atoms with Crippen LogP contribution in [0.15, 0.2) is 6.20 Å². The Hall–Kier alpha value is -1.44. The number of aliphatic hydroxyl groups excluding tert-OH is 1. The van der Waals surface area contributed by atoms with Crippen molar-refractivity contribution in [2.75, 3.05) is 40.0 Å². The number of rotatable bonds is 7. The Labute approximate surface area is 143 Å². The second-order valence-electron chi connectivity index (χ2n) is 6.87. The number of fused-ring (bicyclic) bond motifs is 4. The molecule has 24 heavy (non-hydrogen) atoms. The number of nitrogens with zero attached hydrogens (tertiary/aromatic N) is 4. The van der Waals surface area contributed by atoms with Gasteiger partial charge in [-0.3, -0.25) is 14.4 Å². The van der Waals surface area contributed by atoms with E-state index in [4.69, 9.17) is 9.84 Å². The molecule has 1 amide bonds. The number of carbonyl (C=O) groups excluding carboxylic acids is 1. The standard InChI is InChI=1S/C17H28N4O3/c1-13-15(11-20(18-13)5-7-22)10-19-9-14-3-4-16(12-19)21(17(14)23)6-8-24-2/h11,14,16,22H,3-10,12H2,1-2H3/t14-,16+/m0/s1. The fourth-order valence-electron chi connectivity index (χ4n) is 3.91. The van der Waals surface area contributed by atoms with Gasteiger partial charge in [0.15, 0.2) is 0 Å². The number of ether oxygens (including phenoxy) is 1. The predicted molar refractivity (Wildman–Crippen MR) is 89.4 cm³/mol. The summed E-state index contributed by atoms with van der Waals surface area (Å²) < 4.78 is 6.97. The van der Waals surface area contributed by atoms with Crippen LogP contribution in [0.2, 0.25) is 0 Å². The van der Waals surface area contributed by atoms with E-state index in [-0.39, 0.29) is 12.5 Å². The summed E-state index contributed by atoms with van der Waals surface area (Å²) in [6.45, 7) is 6.47. The number of aryl methyl sites for hydroxylation is 1. The van der Waals surface area contributed by atoms with Gasteiger partial charge in [0.05, 0.1) is 31.4 Å². The Morgan fingerprint density at radius 3 is 2.92 bits per heavy atom. The molecule has 2 atom stereocenters. The zero-order valence-electron chi connectivity index (χ0n) is 14.6. The topological polar surface area (TPSA) is 70.8 Å². The van der Waals surface area contributed by atoms with Crippen molar-refractivity contribution >= 4 is 5.91 Å². The molecule has 1 N–H and O–H groups in total. The van der Waals surface area contributed by atoms with Gasteiger partial charge in [0.2, 0.25) is 5.91 Å². The van der Waals surface area contributed by atoms with Gasteiger partial charge >= 0.3 is 0 Å². The number of carbonyl (C=O) groups is 1. The minimum Gasteiger partial charge on any atom is -0.394 e. The largest absolute Gasteiger partial charge is 0.394 e. The highest BCUT2D eigenvalue weighted by molar-refractivity contribution is 5.80. The maximum Gasteiger partial charge on any atom is 0.227 e. The molecule has 0 aromatic carbocycles. The van der Waals surface area contributed by atoms with Crippen LogP contribution in [0.3, 0.4) is 0 Å². The molecule has 0 radical (unpaired) electrons. The van der Waals surface area contributed by atoms with Gasteiger partial charge in [-0.2, -0.15) is 5.10 Å². The van der Waals surface area contributed by atoms with Crippen LogP contribution in [0.5, 0.6) is 0 Å². The lowest BCUT2D eigenvalue weighted by Crippen LogP contribution is -2.49. The fraction of sp³-hybridized carbons (Fsp3) is 0.765. The van der Waals surface area contributed by atoms with Gasteiger partial charge in [-0.1, -0.05) is 0 Å². The summed E-state index contributed by atoms with van der Waals surface area (Å²) in [4.78, 5) is 17.1. The van der Waals surface area contributed by atoms with Crippen LogP contribution in [0.25, 0.3) is 0 Å². The van der Waals surface area contributed by atoms with Gasteiger partial charge in [0, 0.05) is 51.1 Å². The lowest BCUT2D eigenvalue weighted by atomic mass is 9.94. The van der Waals surface area contributed by atoms with Crippen LogP contribution in [0, 0.1) is 12.8 Å². The second kappa shape index (κ2) is 7.63. The van der Waals surface area contributed by atoms with Gasteiger partial charge in [0.1, 0.15) is 0 Å². The number of aliphatic hydroxyl groups is 1. The number of amides is 1. The van der Waals surface area contributed by atoms with Gasteiger partial charge in [0.25, 0.3) is 0 Å². The molecule has 7 nitrogen and oxygen atoms in total. The van der Waals surface area contributed by atoms with E-state index < -0.39 is 0 Å². The highest BCUT2D eigenvalue weighted by atomic mass is 16.5. The first kappa shape index (κ1) is 17.4. The van der Waals surface area contributed by atoms with Crippen LogP contribution in [-0.4, -0.2) is 76.6 Å². The van der Waals surface area contributed by atoms with E-state index in [0.717, 1.165) is 38.2 Å². The highest BCUT2D eigenvalue weighted by Crippen LogP contribution is 2.29. The Bertz CT molecular complexity index is 574. The molecule has 0 aliphatic carbocycles. The fourth-order valence-corrected chi connectivity index (χ4v) is 3.91. The normalized spacial score (nSPS) is 24.6. The molecule has 0 saturated carbocycles. The van der Waals surface area contributed by atoms with E-state index in [1.165, 1.54) is 5.56 Å². The monoisotopic (exact) mass is 336 g/mol. The highest BCUT2D eigenvalue weighted by Gasteiger charge is 2.40. The first-order chi connectivity index (χ1) is 11.6. The summed E-state index contributed by atoms with van der Waals surface area (Å²) >= 11 is 0. The average Bonchev–Trinajstić information content (AvgIpc) is 2.72. The van der Waals surface area contributed by atoms with E-state index in [2.05, 4.69) is 10.00 Å². The lowest BCUT2D eigenvalue weighted by molar-refractivity contribution is -0.140. The van der Waals surface area contributed by atoms with Crippen molar-refractivity contribution in [3.63, 3.8) is 0 Å². The van der Waals surface area contributed by atoms with Crippen molar-refractivity contribution in [3.8, 4) is 0 Å². The molecule has 4 rings (SSSR count). The Morgan fingerprint density at radius 1 is 1.33 bits per heavy atom. The molecule has 3 fully saturated rings. The number of hydrogen-bond acceptors (Lipinski definition) is 5. The van der Waals surface area contributed by atoms with Crippen molar-refractivity contribution in [2.24, 2.45) is 5.92 Å². The molecule has 134 valence electrons. The summed E-state index contributed by atoms with van der Waals surface area (Å²) in [7, 11) is 1.68. The SMILES string of the molecule is COCCN1C(=O)[C@H]2CC[C@@H]1CN(Cc1cn(CCO)nc1C)C2. The summed E-state index contributed by atoms with van der Waals surface area (Å²) in [6.07, 6.45) is 4.09. The smallest absolute Gasteiger partial charge is 0.227 e. The van der Waals surface area contributed by atoms with Gasteiger partial charge in [-0.15, -0.1) is 0 Å². The third-order valence-electron chi connectivity index (χ3n) is 5.18. The first-order valence-corrected chi connectivity index (χ1v) is 8.78. The Balaban J connectivity index is 1.69. The van der Waals surface area contributed by atoms with Crippen molar-refractivity contribution in [2.45, 2.75) is 38.9 Å². The second-order valence-corrected chi connectivity index (χ2v) is 6.87. The lowest BCUT2D eigenvalue weighted by Gasteiger charge is -2.35. The number of aromatic nitrogens is 2. The molecule has 3 saturated heterocycles. The number of hydrogen-bond donors (Lipinski definition) is 1. The van der Waals surface area contributed by atoms with Gasteiger partial charge < -0.3 is 14.7 Å². The van der Waals surface area contributed by atoms with Crippen molar-refractivity contribution in [3.05, 3.63) is 17.5 Å². The molecule has 7 heteroatoms. The molecular weight excluding hydrogens is 308 g/mol. The third kappa shape index (κ3) is 3.63. The molecule has 3 aliphatic heterocycles. The Kier molecular flexibility index (Phi) is 5.53. The van der Waals surface area contributed by atoms with Crippen LogP contribution < -0.4 is 0 Å². The average molecular weight is 336 g/mol. The van der Waals surface area contributed by atoms with E-state index in [1.807, 2.05) is 18.0 Å². The molecule has 0 spiro atoms. The maximum atomic E-state index is 12.7. The van der Waals surface area contributed by atoms with Crippen LogP contribution in [-0.2, 0) is 22.6 Å². The number of methoxy groups -OCH3 is 1. The van der Waals surface area contributed by atoms with Gasteiger partial charge in [-0.25, -0.2) is 0 Å².